The van der Waals surface area contributed by atoms with E-state index in [2.05, 4.69) is 48.4 Å². The molecule has 0 radical (unpaired) electrons. The van der Waals surface area contributed by atoms with E-state index in [-0.39, 0.29) is 11.3 Å². The third kappa shape index (κ3) is 5.03. The number of thioether (sulfide) groups is 1. The SMILES string of the molecule is CC(Sc1nnc(-c2ccc(C(C)(C)C)cc2)n1C)C(=O)Nc1cccc(F)c1. The lowest BCUT2D eigenvalue weighted by Crippen LogP contribution is -2.22. The number of nitrogens with zero attached hydrogens (tertiary/aromatic N) is 3. The summed E-state index contributed by atoms with van der Waals surface area (Å²) in [6.45, 7) is 8.31. The summed E-state index contributed by atoms with van der Waals surface area (Å²) < 4.78 is 15.2. The second kappa shape index (κ2) is 8.37. The highest BCUT2D eigenvalue weighted by Crippen LogP contribution is 2.28. The van der Waals surface area contributed by atoms with Crippen LogP contribution in [0.25, 0.3) is 11.4 Å². The standard InChI is InChI=1S/C22H25FN4OS/c1-14(20(28)24-18-8-6-7-17(23)13-18)29-21-26-25-19(27(21)5)15-9-11-16(12-10-15)22(2,3)4/h6-14H,1-5H3,(H,24,28). The van der Waals surface area contributed by atoms with E-state index in [0.717, 1.165) is 11.4 Å². The van der Waals surface area contributed by atoms with Crippen molar-refractivity contribution in [1.82, 2.24) is 14.8 Å². The van der Waals surface area contributed by atoms with Crippen LogP contribution in [-0.4, -0.2) is 25.9 Å². The molecule has 0 aliphatic heterocycles. The molecular weight excluding hydrogens is 387 g/mol. The van der Waals surface area contributed by atoms with Gasteiger partial charge in [0.1, 0.15) is 5.82 Å². The fraction of sp³-hybridized carbons (Fsp3) is 0.318. The zero-order valence-corrected chi connectivity index (χ0v) is 18.0. The number of rotatable bonds is 5. The number of nitrogens with one attached hydrogen (secondary N) is 1. The van der Waals surface area contributed by atoms with Crippen molar-refractivity contribution in [1.29, 1.82) is 0 Å². The van der Waals surface area contributed by atoms with Crippen LogP contribution in [-0.2, 0) is 17.3 Å². The summed E-state index contributed by atoms with van der Waals surface area (Å²) in [6.07, 6.45) is 0. The van der Waals surface area contributed by atoms with Crippen molar-refractivity contribution >= 4 is 23.4 Å². The van der Waals surface area contributed by atoms with E-state index in [1.165, 1.54) is 29.5 Å². The smallest absolute Gasteiger partial charge is 0.237 e. The van der Waals surface area contributed by atoms with Crippen molar-refractivity contribution in [3.8, 4) is 11.4 Å². The Kier molecular flexibility index (Phi) is 6.07. The molecule has 3 aromatic rings. The Labute approximate surface area is 174 Å². The molecule has 1 heterocycles. The lowest BCUT2D eigenvalue weighted by atomic mass is 9.87. The molecule has 152 valence electrons. The van der Waals surface area contributed by atoms with Gasteiger partial charge in [-0.3, -0.25) is 4.79 Å². The molecule has 7 heteroatoms. The number of benzene rings is 2. The number of anilines is 1. The van der Waals surface area contributed by atoms with Crippen LogP contribution in [0.1, 0.15) is 33.3 Å². The Morgan fingerprint density at radius 2 is 1.83 bits per heavy atom. The predicted octanol–water partition coefficient (Wildman–Crippen LogP) is 5.04. The molecule has 0 aliphatic carbocycles. The summed E-state index contributed by atoms with van der Waals surface area (Å²) in [4.78, 5) is 12.4. The lowest BCUT2D eigenvalue weighted by molar-refractivity contribution is -0.115. The molecule has 1 unspecified atom stereocenters. The fourth-order valence-corrected chi connectivity index (χ4v) is 3.62. The molecule has 0 bridgehead atoms. The number of halogens is 1. The molecule has 1 aromatic heterocycles. The molecule has 0 spiro atoms. The first-order valence-electron chi connectivity index (χ1n) is 9.38. The Morgan fingerprint density at radius 1 is 1.14 bits per heavy atom. The van der Waals surface area contributed by atoms with E-state index < -0.39 is 11.1 Å². The van der Waals surface area contributed by atoms with Crippen molar-refractivity contribution in [3.63, 3.8) is 0 Å². The average Bonchev–Trinajstić information content (AvgIpc) is 3.01. The minimum atomic E-state index is -0.419. The Bertz CT molecular complexity index is 1010. The largest absolute Gasteiger partial charge is 0.325 e. The lowest BCUT2D eigenvalue weighted by Gasteiger charge is -2.19. The Hall–Kier alpha value is -2.67. The maximum atomic E-state index is 13.3. The molecule has 2 aromatic carbocycles. The van der Waals surface area contributed by atoms with Crippen LogP contribution < -0.4 is 5.32 Å². The highest BCUT2D eigenvalue weighted by Gasteiger charge is 2.20. The predicted molar refractivity (Wildman–Crippen MR) is 115 cm³/mol. The fourth-order valence-electron chi connectivity index (χ4n) is 2.81. The highest BCUT2D eigenvalue weighted by atomic mass is 32.2. The zero-order valence-electron chi connectivity index (χ0n) is 17.2. The number of hydrogen-bond donors (Lipinski definition) is 1. The van der Waals surface area contributed by atoms with E-state index >= 15 is 0 Å². The first kappa shape index (κ1) is 21.0. The summed E-state index contributed by atoms with van der Waals surface area (Å²) in [6, 6.07) is 14.1. The Morgan fingerprint density at radius 3 is 2.45 bits per heavy atom. The summed E-state index contributed by atoms with van der Waals surface area (Å²) in [5, 5.41) is 11.5. The summed E-state index contributed by atoms with van der Waals surface area (Å²) in [5.41, 5.74) is 2.74. The minimum Gasteiger partial charge on any atom is -0.325 e. The van der Waals surface area contributed by atoms with Crippen molar-refractivity contribution in [2.75, 3.05) is 5.32 Å². The van der Waals surface area contributed by atoms with Crippen LogP contribution in [0.15, 0.2) is 53.7 Å². The third-order valence-corrected chi connectivity index (χ3v) is 5.72. The number of carbonyl (C=O) groups is 1. The summed E-state index contributed by atoms with van der Waals surface area (Å²) in [5.74, 6) is 0.129. The molecule has 1 atom stereocenters. The normalized spacial score (nSPS) is 12.6. The van der Waals surface area contributed by atoms with Crippen molar-refractivity contribution in [2.45, 2.75) is 43.5 Å². The van der Waals surface area contributed by atoms with Crippen molar-refractivity contribution in [3.05, 3.63) is 59.9 Å². The summed E-state index contributed by atoms with van der Waals surface area (Å²) in [7, 11) is 1.88. The van der Waals surface area contributed by atoms with Gasteiger partial charge in [-0.1, -0.05) is 62.9 Å². The maximum Gasteiger partial charge on any atom is 0.237 e. The summed E-state index contributed by atoms with van der Waals surface area (Å²) >= 11 is 1.31. The van der Waals surface area contributed by atoms with Gasteiger partial charge in [0.05, 0.1) is 5.25 Å². The molecule has 0 fully saturated rings. The van der Waals surface area contributed by atoms with Gasteiger partial charge in [0, 0.05) is 18.3 Å². The topological polar surface area (TPSA) is 59.8 Å². The molecular formula is C22H25FN4OS. The van der Waals surface area contributed by atoms with Gasteiger partial charge >= 0.3 is 0 Å². The molecule has 5 nitrogen and oxygen atoms in total. The quantitative estimate of drug-likeness (QED) is 0.597. The highest BCUT2D eigenvalue weighted by molar-refractivity contribution is 8.00. The second-order valence-corrected chi connectivity index (χ2v) is 9.26. The van der Waals surface area contributed by atoms with Gasteiger partial charge in [0.25, 0.3) is 0 Å². The van der Waals surface area contributed by atoms with Crippen LogP contribution >= 0.6 is 11.8 Å². The zero-order chi connectivity index (χ0) is 21.2. The van der Waals surface area contributed by atoms with E-state index in [4.69, 9.17) is 0 Å². The number of carbonyl (C=O) groups excluding carboxylic acids is 1. The van der Waals surface area contributed by atoms with Crippen LogP contribution in [0.5, 0.6) is 0 Å². The monoisotopic (exact) mass is 412 g/mol. The molecule has 3 rings (SSSR count). The second-order valence-electron chi connectivity index (χ2n) is 7.95. The van der Waals surface area contributed by atoms with Crippen LogP contribution in [0.2, 0.25) is 0 Å². The van der Waals surface area contributed by atoms with Crippen LogP contribution in [0, 0.1) is 5.82 Å². The maximum absolute atomic E-state index is 13.3. The first-order valence-corrected chi connectivity index (χ1v) is 10.3. The number of amides is 1. The van der Waals surface area contributed by atoms with E-state index in [1.807, 2.05) is 23.7 Å². The number of aromatic nitrogens is 3. The average molecular weight is 413 g/mol. The van der Waals surface area contributed by atoms with Gasteiger partial charge in [-0.05, 0) is 36.1 Å². The van der Waals surface area contributed by atoms with Gasteiger partial charge in [-0.15, -0.1) is 10.2 Å². The van der Waals surface area contributed by atoms with Gasteiger partial charge in [0.15, 0.2) is 11.0 Å². The molecule has 0 saturated carbocycles. The minimum absolute atomic E-state index is 0.0872. The molecule has 29 heavy (non-hydrogen) atoms. The molecule has 1 amide bonds. The van der Waals surface area contributed by atoms with E-state index in [9.17, 15) is 9.18 Å². The molecule has 0 aliphatic rings. The van der Waals surface area contributed by atoms with Crippen LogP contribution in [0.4, 0.5) is 10.1 Å². The van der Waals surface area contributed by atoms with Crippen molar-refractivity contribution < 1.29 is 9.18 Å². The number of hydrogen-bond acceptors (Lipinski definition) is 4. The third-order valence-electron chi connectivity index (χ3n) is 4.59. The van der Waals surface area contributed by atoms with Gasteiger partial charge < -0.3 is 9.88 Å². The van der Waals surface area contributed by atoms with Gasteiger partial charge in [0.2, 0.25) is 5.91 Å². The van der Waals surface area contributed by atoms with E-state index in [0.29, 0.717) is 10.8 Å². The van der Waals surface area contributed by atoms with Gasteiger partial charge in [-0.2, -0.15) is 0 Å². The molecule has 0 saturated heterocycles. The van der Waals surface area contributed by atoms with E-state index in [1.54, 1.807) is 19.1 Å². The first-order chi connectivity index (χ1) is 13.6. The van der Waals surface area contributed by atoms with Crippen molar-refractivity contribution in [2.24, 2.45) is 7.05 Å². The van der Waals surface area contributed by atoms with Crippen LogP contribution in [0.3, 0.4) is 0 Å². The molecule has 1 N–H and O–H groups in total. The van der Waals surface area contributed by atoms with Gasteiger partial charge in [-0.25, -0.2) is 4.39 Å². The Balaban J connectivity index is 1.71.